The van der Waals surface area contributed by atoms with Crippen LogP contribution in [0.2, 0.25) is 0 Å². The predicted octanol–water partition coefficient (Wildman–Crippen LogP) is 4.03. The Morgan fingerprint density at radius 1 is 0.879 bits per heavy atom. The zero-order valence-corrected chi connectivity index (χ0v) is 19.3. The van der Waals surface area contributed by atoms with Crippen LogP contribution in [-0.2, 0) is 16.0 Å². The monoisotopic (exact) mass is 448 g/mol. The molecule has 0 radical (unpaired) electrons. The van der Waals surface area contributed by atoms with Crippen molar-refractivity contribution in [2.75, 3.05) is 39.8 Å². The highest BCUT2D eigenvalue weighted by Gasteiger charge is 2.23. The summed E-state index contributed by atoms with van der Waals surface area (Å²) in [6, 6.07) is 17.7. The van der Waals surface area contributed by atoms with Crippen molar-refractivity contribution in [3.05, 3.63) is 77.4 Å². The highest BCUT2D eigenvalue weighted by Crippen LogP contribution is 2.40. The summed E-state index contributed by atoms with van der Waals surface area (Å²) in [6.07, 6.45) is 3.41. The van der Waals surface area contributed by atoms with Gasteiger partial charge in [0.1, 0.15) is 0 Å². The topological polar surface area (TPSA) is 81.1 Å². The number of hydrogen-bond acceptors (Lipinski definition) is 4. The highest BCUT2D eigenvalue weighted by atomic mass is 16.4. The van der Waals surface area contributed by atoms with E-state index >= 15 is 0 Å². The second kappa shape index (κ2) is 11.6. The van der Waals surface area contributed by atoms with Crippen LogP contribution in [0.15, 0.2) is 66.3 Å². The molecular formula is C27H32N2O4. The fourth-order valence-corrected chi connectivity index (χ4v) is 4.38. The van der Waals surface area contributed by atoms with E-state index in [4.69, 9.17) is 10.2 Å². The minimum absolute atomic E-state index is 0.558. The molecular weight excluding hydrogens is 416 g/mol. The molecule has 1 fully saturated rings. The van der Waals surface area contributed by atoms with E-state index in [1.807, 2.05) is 0 Å². The van der Waals surface area contributed by atoms with Crippen LogP contribution in [0, 0.1) is 0 Å². The van der Waals surface area contributed by atoms with E-state index in [9.17, 15) is 9.59 Å². The van der Waals surface area contributed by atoms with Crippen LogP contribution < -0.4 is 0 Å². The van der Waals surface area contributed by atoms with Crippen LogP contribution in [0.4, 0.5) is 0 Å². The SMILES string of the molecule is CC1=C(CCN2CCN(C)CC2)c2cccc(-c3ccccc3)c2C1.O=C(O)C=CC(=O)O. The Morgan fingerprint density at radius 2 is 1.48 bits per heavy atom. The van der Waals surface area contributed by atoms with Gasteiger partial charge in [-0.2, -0.15) is 0 Å². The molecule has 1 aliphatic heterocycles. The van der Waals surface area contributed by atoms with E-state index in [2.05, 4.69) is 72.3 Å². The second-order valence-electron chi connectivity index (χ2n) is 8.54. The van der Waals surface area contributed by atoms with Gasteiger partial charge in [-0.3, -0.25) is 0 Å². The Labute approximate surface area is 195 Å². The van der Waals surface area contributed by atoms with Crippen LogP contribution >= 0.6 is 0 Å². The fourth-order valence-electron chi connectivity index (χ4n) is 4.38. The number of likely N-dealkylation sites (N-methyl/N-ethyl adjacent to an activating group) is 1. The largest absolute Gasteiger partial charge is 0.478 e. The van der Waals surface area contributed by atoms with E-state index < -0.39 is 11.9 Å². The molecule has 2 N–H and O–H groups in total. The van der Waals surface area contributed by atoms with Crippen molar-refractivity contribution in [2.45, 2.75) is 19.8 Å². The number of nitrogens with zero attached hydrogens (tertiary/aromatic N) is 2. The first kappa shape index (κ1) is 24.4. The van der Waals surface area contributed by atoms with Crippen LogP contribution in [0.25, 0.3) is 16.7 Å². The lowest BCUT2D eigenvalue weighted by Crippen LogP contribution is -2.44. The minimum Gasteiger partial charge on any atom is -0.478 e. The third-order valence-electron chi connectivity index (χ3n) is 6.19. The number of carboxylic acids is 2. The van der Waals surface area contributed by atoms with Crippen molar-refractivity contribution in [2.24, 2.45) is 0 Å². The molecule has 0 amide bonds. The lowest BCUT2D eigenvalue weighted by atomic mass is 9.94. The van der Waals surface area contributed by atoms with E-state index in [0.29, 0.717) is 12.2 Å². The van der Waals surface area contributed by atoms with Crippen molar-refractivity contribution in [3.63, 3.8) is 0 Å². The molecule has 4 rings (SSSR count). The van der Waals surface area contributed by atoms with Crippen molar-refractivity contribution < 1.29 is 19.8 Å². The molecule has 2 aliphatic rings. The normalized spacial score (nSPS) is 16.4. The van der Waals surface area contributed by atoms with Gasteiger partial charge in [0.25, 0.3) is 0 Å². The second-order valence-corrected chi connectivity index (χ2v) is 8.54. The number of piperazine rings is 1. The lowest BCUT2D eigenvalue weighted by molar-refractivity contribution is -0.134. The Bertz CT molecular complexity index is 1020. The molecule has 1 heterocycles. The first-order valence-electron chi connectivity index (χ1n) is 11.3. The van der Waals surface area contributed by atoms with Crippen LogP contribution in [-0.4, -0.2) is 71.7 Å². The quantitative estimate of drug-likeness (QED) is 0.650. The number of carboxylic acid groups (broad SMARTS) is 2. The van der Waals surface area contributed by atoms with Gasteiger partial charge in [-0.1, -0.05) is 54.1 Å². The third-order valence-corrected chi connectivity index (χ3v) is 6.19. The number of aliphatic carboxylic acids is 2. The molecule has 0 aromatic heterocycles. The first-order chi connectivity index (χ1) is 15.8. The number of allylic oxidation sites excluding steroid dienone is 1. The minimum atomic E-state index is -1.26. The average molecular weight is 449 g/mol. The van der Waals surface area contributed by atoms with Crippen LogP contribution in [0.5, 0.6) is 0 Å². The van der Waals surface area contributed by atoms with E-state index in [0.717, 1.165) is 6.42 Å². The summed E-state index contributed by atoms with van der Waals surface area (Å²) in [5.41, 5.74) is 8.92. The first-order valence-corrected chi connectivity index (χ1v) is 11.3. The molecule has 6 nitrogen and oxygen atoms in total. The Kier molecular flexibility index (Phi) is 8.58. The zero-order valence-electron chi connectivity index (χ0n) is 19.3. The Hall–Kier alpha value is -3.22. The zero-order chi connectivity index (χ0) is 23.8. The molecule has 2 aromatic rings. The molecule has 33 heavy (non-hydrogen) atoms. The maximum Gasteiger partial charge on any atom is 0.328 e. The highest BCUT2D eigenvalue weighted by molar-refractivity contribution is 5.89. The van der Waals surface area contributed by atoms with Gasteiger partial charge in [-0.25, -0.2) is 9.59 Å². The average Bonchev–Trinajstić information content (AvgIpc) is 3.13. The number of rotatable bonds is 6. The molecule has 2 aromatic carbocycles. The maximum atomic E-state index is 9.55. The number of fused-ring (bicyclic) bond motifs is 1. The summed E-state index contributed by atoms with van der Waals surface area (Å²) in [5, 5.41) is 15.6. The van der Waals surface area contributed by atoms with E-state index in [-0.39, 0.29) is 0 Å². The summed E-state index contributed by atoms with van der Waals surface area (Å²) in [4.78, 5) is 24.2. The van der Waals surface area contributed by atoms with Gasteiger partial charge in [0.15, 0.2) is 0 Å². The molecule has 6 heteroatoms. The summed E-state index contributed by atoms with van der Waals surface area (Å²) in [5.74, 6) is -2.51. The third kappa shape index (κ3) is 6.88. The molecule has 0 saturated carbocycles. The summed E-state index contributed by atoms with van der Waals surface area (Å²) >= 11 is 0. The van der Waals surface area contributed by atoms with Gasteiger partial charge >= 0.3 is 11.9 Å². The van der Waals surface area contributed by atoms with Crippen LogP contribution in [0.3, 0.4) is 0 Å². The molecule has 1 saturated heterocycles. The van der Waals surface area contributed by atoms with Gasteiger partial charge in [0.2, 0.25) is 0 Å². The van der Waals surface area contributed by atoms with E-state index in [1.54, 1.807) is 11.1 Å². The fraction of sp³-hybridized carbons (Fsp3) is 0.333. The molecule has 0 unspecified atom stereocenters. The van der Waals surface area contributed by atoms with Crippen molar-refractivity contribution in [3.8, 4) is 11.1 Å². The van der Waals surface area contributed by atoms with Crippen LogP contribution in [0.1, 0.15) is 24.5 Å². The molecule has 0 atom stereocenters. The summed E-state index contributed by atoms with van der Waals surface area (Å²) in [7, 11) is 2.22. The van der Waals surface area contributed by atoms with Gasteiger partial charge in [-0.05, 0) is 54.6 Å². The van der Waals surface area contributed by atoms with Crippen molar-refractivity contribution in [1.82, 2.24) is 9.80 Å². The van der Waals surface area contributed by atoms with Gasteiger partial charge < -0.3 is 20.0 Å². The maximum absolute atomic E-state index is 9.55. The number of hydrogen-bond donors (Lipinski definition) is 2. The van der Waals surface area contributed by atoms with Crippen molar-refractivity contribution >= 4 is 17.5 Å². The van der Waals surface area contributed by atoms with Crippen molar-refractivity contribution in [1.29, 1.82) is 0 Å². The summed E-state index contributed by atoms with van der Waals surface area (Å²) in [6.45, 7) is 8.34. The Morgan fingerprint density at radius 3 is 2.09 bits per heavy atom. The molecule has 0 bridgehead atoms. The standard InChI is InChI=1S/C23H28N2.C4H4O4/c1-18-17-23-21(19-7-4-3-5-8-19)9-6-10-22(23)20(18)11-12-25-15-13-24(2)14-16-25;5-3(6)1-2-4(7)8/h3-10H,11-17H2,1-2H3;1-2H,(H,5,6)(H,7,8). The summed E-state index contributed by atoms with van der Waals surface area (Å²) < 4.78 is 0. The number of benzene rings is 2. The van der Waals surface area contributed by atoms with Gasteiger partial charge in [-0.15, -0.1) is 0 Å². The molecule has 0 spiro atoms. The van der Waals surface area contributed by atoms with Gasteiger partial charge in [0, 0.05) is 44.9 Å². The number of carbonyl (C=O) groups is 2. The smallest absolute Gasteiger partial charge is 0.328 e. The lowest BCUT2D eigenvalue weighted by Gasteiger charge is -2.32. The Balaban J connectivity index is 0.000000331. The van der Waals surface area contributed by atoms with Gasteiger partial charge in [0.05, 0.1) is 0 Å². The molecule has 1 aliphatic carbocycles. The predicted molar refractivity (Wildman–Crippen MR) is 131 cm³/mol. The van der Waals surface area contributed by atoms with E-state index in [1.165, 1.54) is 61.4 Å². The molecule has 174 valence electrons.